The molecule has 34 heavy (non-hydrogen) atoms. The topological polar surface area (TPSA) is 124 Å². The van der Waals surface area contributed by atoms with Crippen LogP contribution in [0.5, 0.6) is 11.5 Å². The van der Waals surface area contributed by atoms with E-state index in [1.165, 1.54) is 35.0 Å². The number of methoxy groups -OCH3 is 1. The van der Waals surface area contributed by atoms with Crippen LogP contribution in [-0.4, -0.2) is 56.4 Å². The molecule has 2 aromatic carbocycles. The van der Waals surface area contributed by atoms with E-state index in [9.17, 15) is 19.5 Å². The van der Waals surface area contributed by atoms with E-state index < -0.39 is 5.97 Å². The molecule has 0 radical (unpaired) electrons. The number of hydrogen-bond donors (Lipinski definition) is 1. The van der Waals surface area contributed by atoms with E-state index in [1.54, 1.807) is 13.0 Å². The Bertz CT molecular complexity index is 1290. The van der Waals surface area contributed by atoms with Crippen molar-refractivity contribution in [3.63, 3.8) is 0 Å². The van der Waals surface area contributed by atoms with E-state index in [4.69, 9.17) is 9.47 Å². The minimum Gasteiger partial charge on any atom is -0.503 e. The number of hydrogen-bond acceptors (Lipinski definition) is 8. The van der Waals surface area contributed by atoms with Crippen molar-refractivity contribution in [3.05, 3.63) is 53.1 Å². The molecule has 0 saturated heterocycles. The minimum atomic E-state index is -0.548. The summed E-state index contributed by atoms with van der Waals surface area (Å²) in [7, 11) is 1.39. The second-order valence-electron chi connectivity index (χ2n) is 8.01. The molecule has 2 heterocycles. The standard InChI is InChI=1S/C24H24N4O6/c1-5-6-7-27-22(30)15-10-17-18(11-16(15)23(27)31)26-28(25-17)19-8-14(9-20(33-4)21(19)29)12-34-24(32)13(2)3/h8-11,29H,2,5-7,12H2,1,3-4H3. The summed E-state index contributed by atoms with van der Waals surface area (Å²) in [6.07, 6.45) is 1.59. The molecule has 0 saturated carbocycles. The fourth-order valence-electron chi connectivity index (χ4n) is 3.64. The van der Waals surface area contributed by atoms with Crippen molar-refractivity contribution in [3.8, 4) is 17.2 Å². The maximum Gasteiger partial charge on any atom is 0.333 e. The Kier molecular flexibility index (Phi) is 6.06. The first-order valence-electron chi connectivity index (χ1n) is 10.7. The zero-order chi connectivity index (χ0) is 24.6. The van der Waals surface area contributed by atoms with Crippen LogP contribution in [0, 0.1) is 0 Å². The van der Waals surface area contributed by atoms with Gasteiger partial charge in [-0.05, 0) is 43.2 Å². The summed E-state index contributed by atoms with van der Waals surface area (Å²) in [5, 5.41) is 19.5. The van der Waals surface area contributed by atoms with Gasteiger partial charge in [0.15, 0.2) is 11.5 Å². The van der Waals surface area contributed by atoms with Gasteiger partial charge in [0.1, 0.15) is 23.3 Å². The van der Waals surface area contributed by atoms with Crippen LogP contribution >= 0.6 is 0 Å². The molecule has 1 N–H and O–H groups in total. The SMILES string of the molecule is C=C(C)C(=O)OCc1cc(OC)c(O)c(-n2nc3cc4c(cc3n2)C(=O)N(CCCC)C4=O)c1. The lowest BCUT2D eigenvalue weighted by Gasteiger charge is -2.12. The average Bonchev–Trinajstić information content (AvgIpc) is 3.33. The monoisotopic (exact) mass is 464 g/mol. The molecule has 0 fully saturated rings. The Morgan fingerprint density at radius 1 is 1.09 bits per heavy atom. The molecule has 2 amide bonds. The number of esters is 1. The third-order valence-corrected chi connectivity index (χ3v) is 5.47. The number of imide groups is 1. The van der Waals surface area contributed by atoms with Crippen LogP contribution in [-0.2, 0) is 16.1 Å². The summed E-state index contributed by atoms with van der Waals surface area (Å²) in [5.41, 5.74) is 2.30. The minimum absolute atomic E-state index is 0.0823. The molecule has 1 aliphatic heterocycles. The number of aromatic hydroxyl groups is 1. The number of ether oxygens (including phenoxy) is 2. The molecule has 10 nitrogen and oxygen atoms in total. The van der Waals surface area contributed by atoms with E-state index in [0.717, 1.165) is 12.8 Å². The highest BCUT2D eigenvalue weighted by atomic mass is 16.5. The summed E-state index contributed by atoms with van der Waals surface area (Å²) in [4.78, 5) is 39.7. The molecule has 0 bridgehead atoms. The van der Waals surface area contributed by atoms with Gasteiger partial charge in [-0.15, -0.1) is 15.0 Å². The quantitative estimate of drug-likeness (QED) is 0.306. The number of unbranched alkanes of at least 4 members (excludes halogenated alkanes) is 1. The zero-order valence-electron chi connectivity index (χ0n) is 19.1. The van der Waals surface area contributed by atoms with Gasteiger partial charge in [-0.3, -0.25) is 14.5 Å². The number of phenols is 1. The van der Waals surface area contributed by atoms with Crippen LogP contribution in [0.1, 0.15) is 53.0 Å². The molecule has 0 aliphatic carbocycles. The molecular weight excluding hydrogens is 440 g/mol. The number of carbonyl (C=O) groups is 3. The van der Waals surface area contributed by atoms with E-state index in [-0.39, 0.29) is 52.3 Å². The summed E-state index contributed by atoms with van der Waals surface area (Å²) in [5.74, 6) is -1.33. The lowest BCUT2D eigenvalue weighted by atomic mass is 10.1. The Hall–Kier alpha value is -4.21. The second kappa shape index (κ2) is 8.97. The number of benzene rings is 2. The van der Waals surface area contributed by atoms with Crippen molar-refractivity contribution in [2.75, 3.05) is 13.7 Å². The molecule has 0 spiro atoms. The normalized spacial score (nSPS) is 12.9. The average molecular weight is 464 g/mol. The molecule has 1 aliphatic rings. The van der Waals surface area contributed by atoms with Crippen molar-refractivity contribution in [2.24, 2.45) is 0 Å². The van der Waals surface area contributed by atoms with Crippen molar-refractivity contribution < 1.29 is 29.0 Å². The first-order chi connectivity index (χ1) is 16.2. The molecule has 1 aromatic heterocycles. The Balaban J connectivity index is 1.72. The molecule has 3 aromatic rings. The van der Waals surface area contributed by atoms with Crippen LogP contribution in [0.4, 0.5) is 0 Å². The predicted octanol–water partition coefficient (Wildman–Crippen LogP) is 3.15. The molecule has 176 valence electrons. The number of fused-ring (bicyclic) bond motifs is 2. The smallest absolute Gasteiger partial charge is 0.333 e. The van der Waals surface area contributed by atoms with Gasteiger partial charge in [0.2, 0.25) is 0 Å². The van der Waals surface area contributed by atoms with Crippen molar-refractivity contribution in [1.82, 2.24) is 19.9 Å². The number of rotatable bonds is 8. The summed E-state index contributed by atoms with van der Waals surface area (Å²) >= 11 is 0. The van der Waals surface area contributed by atoms with Gasteiger partial charge in [0.25, 0.3) is 11.8 Å². The van der Waals surface area contributed by atoms with E-state index >= 15 is 0 Å². The van der Waals surface area contributed by atoms with Gasteiger partial charge in [-0.25, -0.2) is 4.79 Å². The van der Waals surface area contributed by atoms with Crippen molar-refractivity contribution in [2.45, 2.75) is 33.3 Å². The summed E-state index contributed by atoms with van der Waals surface area (Å²) < 4.78 is 10.4. The molecule has 10 heteroatoms. The number of amides is 2. The third kappa shape index (κ3) is 3.98. The van der Waals surface area contributed by atoms with Crippen LogP contribution in [0.3, 0.4) is 0 Å². The second-order valence-corrected chi connectivity index (χ2v) is 8.01. The largest absolute Gasteiger partial charge is 0.503 e. The van der Waals surface area contributed by atoms with Gasteiger partial charge in [-0.1, -0.05) is 19.9 Å². The van der Waals surface area contributed by atoms with E-state index in [2.05, 4.69) is 16.8 Å². The zero-order valence-corrected chi connectivity index (χ0v) is 19.1. The van der Waals surface area contributed by atoms with Crippen molar-refractivity contribution in [1.29, 1.82) is 0 Å². The number of carbonyl (C=O) groups excluding carboxylic acids is 3. The lowest BCUT2D eigenvalue weighted by molar-refractivity contribution is -0.140. The lowest BCUT2D eigenvalue weighted by Crippen LogP contribution is -2.30. The Morgan fingerprint density at radius 2 is 1.71 bits per heavy atom. The van der Waals surface area contributed by atoms with E-state index in [0.29, 0.717) is 23.1 Å². The molecule has 4 rings (SSSR count). The number of aromatic nitrogens is 3. The summed E-state index contributed by atoms with van der Waals surface area (Å²) in [6, 6.07) is 6.16. The highest BCUT2D eigenvalue weighted by molar-refractivity contribution is 6.22. The summed E-state index contributed by atoms with van der Waals surface area (Å²) in [6.45, 7) is 7.36. The predicted molar refractivity (Wildman–Crippen MR) is 122 cm³/mol. The Morgan fingerprint density at radius 3 is 2.24 bits per heavy atom. The maximum absolute atomic E-state index is 12.7. The van der Waals surface area contributed by atoms with Crippen LogP contribution < -0.4 is 4.74 Å². The van der Waals surface area contributed by atoms with Crippen LogP contribution in [0.25, 0.3) is 16.7 Å². The van der Waals surface area contributed by atoms with Crippen LogP contribution in [0.2, 0.25) is 0 Å². The van der Waals surface area contributed by atoms with Gasteiger partial charge < -0.3 is 14.6 Å². The first kappa shape index (κ1) is 23.0. The van der Waals surface area contributed by atoms with Crippen molar-refractivity contribution >= 4 is 28.8 Å². The fraction of sp³-hybridized carbons (Fsp3) is 0.292. The third-order valence-electron chi connectivity index (χ3n) is 5.47. The first-order valence-corrected chi connectivity index (χ1v) is 10.7. The maximum atomic E-state index is 12.7. The Labute approximate surface area is 195 Å². The number of nitrogens with zero attached hydrogens (tertiary/aromatic N) is 4. The number of phenolic OH excluding ortho intramolecular Hbond substituents is 1. The highest BCUT2D eigenvalue weighted by Crippen LogP contribution is 2.35. The molecule has 0 unspecified atom stereocenters. The van der Waals surface area contributed by atoms with Gasteiger partial charge in [0, 0.05) is 12.1 Å². The fourth-order valence-corrected chi connectivity index (χ4v) is 3.64. The van der Waals surface area contributed by atoms with Gasteiger partial charge in [-0.2, -0.15) is 0 Å². The molecular formula is C24H24N4O6. The highest BCUT2D eigenvalue weighted by Gasteiger charge is 2.36. The van der Waals surface area contributed by atoms with Crippen LogP contribution in [0.15, 0.2) is 36.4 Å². The van der Waals surface area contributed by atoms with Gasteiger partial charge in [0.05, 0.1) is 18.2 Å². The molecule has 0 atom stereocenters. The van der Waals surface area contributed by atoms with Gasteiger partial charge >= 0.3 is 5.97 Å². The van der Waals surface area contributed by atoms with E-state index in [1.807, 2.05) is 6.92 Å².